The lowest BCUT2D eigenvalue weighted by Crippen LogP contribution is -2.67. The zero-order valence-corrected chi connectivity index (χ0v) is 13.7. The van der Waals surface area contributed by atoms with Gasteiger partial charge in [-0.2, -0.15) is 0 Å². The van der Waals surface area contributed by atoms with Crippen molar-refractivity contribution in [2.75, 3.05) is 13.1 Å². The van der Waals surface area contributed by atoms with Crippen LogP contribution in [-0.2, 0) is 0 Å². The number of nitrogens with one attached hydrogen (secondary N) is 1. The van der Waals surface area contributed by atoms with Crippen molar-refractivity contribution in [3.8, 4) is 0 Å². The van der Waals surface area contributed by atoms with Gasteiger partial charge in [0.25, 0.3) is 0 Å². The fourth-order valence-corrected chi connectivity index (χ4v) is 5.66. The molecule has 1 heterocycles. The fraction of sp³-hybridized carbons (Fsp3) is 1.00. The molecule has 2 bridgehead atoms. The first-order valence-electron chi connectivity index (χ1n) is 8.16. The van der Waals surface area contributed by atoms with Crippen molar-refractivity contribution < 1.29 is 0 Å². The zero-order chi connectivity index (χ0) is 14.1. The van der Waals surface area contributed by atoms with Gasteiger partial charge in [-0.25, -0.2) is 0 Å². The van der Waals surface area contributed by atoms with E-state index in [1.54, 1.807) is 0 Å². The summed E-state index contributed by atoms with van der Waals surface area (Å²) in [5.41, 5.74) is 1.32. The van der Waals surface area contributed by atoms with E-state index in [1.165, 1.54) is 25.8 Å². The van der Waals surface area contributed by atoms with Gasteiger partial charge in [-0.05, 0) is 56.8 Å². The summed E-state index contributed by atoms with van der Waals surface area (Å²) >= 11 is 0. The molecule has 3 fully saturated rings. The second-order valence-electron chi connectivity index (χ2n) is 9.10. The predicted molar refractivity (Wildman–Crippen MR) is 81.3 cm³/mol. The molecule has 4 unspecified atom stereocenters. The molecule has 0 aromatic rings. The molecule has 2 saturated carbocycles. The average Bonchev–Trinajstić information content (AvgIpc) is 2.74. The quantitative estimate of drug-likeness (QED) is 0.782. The maximum Gasteiger partial charge on any atom is 0.0253 e. The molecule has 0 aromatic heterocycles. The van der Waals surface area contributed by atoms with E-state index in [1.807, 2.05) is 0 Å². The Morgan fingerprint density at radius 3 is 2.37 bits per heavy atom. The van der Waals surface area contributed by atoms with Gasteiger partial charge >= 0.3 is 0 Å². The van der Waals surface area contributed by atoms with Crippen LogP contribution in [0.5, 0.6) is 0 Å². The SMILES string of the molecule is CC1CNC(C)(C)CN1C1C2(C)CCC(C2)C1(C)C. The van der Waals surface area contributed by atoms with Crippen molar-refractivity contribution in [3.05, 3.63) is 0 Å². The summed E-state index contributed by atoms with van der Waals surface area (Å²) in [4.78, 5) is 2.86. The second kappa shape index (κ2) is 3.98. The summed E-state index contributed by atoms with van der Waals surface area (Å²) in [6, 6.07) is 1.45. The number of piperazine rings is 1. The van der Waals surface area contributed by atoms with Crippen LogP contribution in [0.15, 0.2) is 0 Å². The molecule has 0 amide bonds. The molecule has 1 N–H and O–H groups in total. The number of hydrogen-bond donors (Lipinski definition) is 1. The first kappa shape index (κ1) is 13.9. The second-order valence-corrected chi connectivity index (χ2v) is 9.10. The number of hydrogen-bond acceptors (Lipinski definition) is 2. The summed E-state index contributed by atoms with van der Waals surface area (Å²) in [7, 11) is 0. The van der Waals surface area contributed by atoms with E-state index in [2.05, 4.69) is 51.8 Å². The molecule has 3 aliphatic rings. The lowest BCUT2D eigenvalue weighted by Gasteiger charge is -2.55. The largest absolute Gasteiger partial charge is 0.309 e. The monoisotopic (exact) mass is 264 g/mol. The topological polar surface area (TPSA) is 15.3 Å². The van der Waals surface area contributed by atoms with Gasteiger partial charge < -0.3 is 5.32 Å². The van der Waals surface area contributed by atoms with Crippen molar-refractivity contribution in [2.45, 2.75) is 78.4 Å². The van der Waals surface area contributed by atoms with E-state index in [9.17, 15) is 0 Å². The molecule has 110 valence electrons. The lowest BCUT2D eigenvalue weighted by atomic mass is 9.67. The molecule has 1 aliphatic heterocycles. The minimum atomic E-state index is 0.265. The van der Waals surface area contributed by atoms with E-state index >= 15 is 0 Å². The van der Waals surface area contributed by atoms with Crippen LogP contribution in [-0.4, -0.2) is 35.6 Å². The highest BCUT2D eigenvalue weighted by molar-refractivity contribution is 5.14. The van der Waals surface area contributed by atoms with Gasteiger partial charge in [0.05, 0.1) is 0 Å². The van der Waals surface area contributed by atoms with Gasteiger partial charge in [-0.15, -0.1) is 0 Å². The minimum Gasteiger partial charge on any atom is -0.309 e. The van der Waals surface area contributed by atoms with E-state index in [4.69, 9.17) is 0 Å². The summed E-state index contributed by atoms with van der Waals surface area (Å²) in [6.45, 7) is 17.1. The van der Waals surface area contributed by atoms with Gasteiger partial charge in [-0.1, -0.05) is 20.8 Å². The highest BCUT2D eigenvalue weighted by Gasteiger charge is 2.62. The Morgan fingerprint density at radius 2 is 1.79 bits per heavy atom. The van der Waals surface area contributed by atoms with E-state index in [-0.39, 0.29) is 5.54 Å². The summed E-state index contributed by atoms with van der Waals surface area (Å²) < 4.78 is 0. The molecule has 2 nitrogen and oxygen atoms in total. The molecular formula is C17H32N2. The number of rotatable bonds is 1. The molecule has 4 atom stereocenters. The molecule has 0 aromatic carbocycles. The number of fused-ring (bicyclic) bond motifs is 2. The van der Waals surface area contributed by atoms with Crippen molar-refractivity contribution in [1.82, 2.24) is 10.2 Å². The van der Waals surface area contributed by atoms with Gasteiger partial charge in [-0.3, -0.25) is 4.90 Å². The Kier molecular flexibility index (Phi) is 2.91. The molecule has 0 spiro atoms. The first-order valence-corrected chi connectivity index (χ1v) is 8.16. The normalized spacial score (nSPS) is 48.6. The molecule has 2 aliphatic carbocycles. The maximum atomic E-state index is 3.70. The lowest BCUT2D eigenvalue weighted by molar-refractivity contribution is -0.0468. The molecule has 1 saturated heterocycles. The van der Waals surface area contributed by atoms with Crippen LogP contribution in [0.1, 0.15) is 60.8 Å². The third-order valence-corrected chi connectivity index (χ3v) is 6.55. The van der Waals surface area contributed by atoms with E-state index < -0.39 is 0 Å². The maximum absolute atomic E-state index is 3.70. The minimum absolute atomic E-state index is 0.265. The van der Waals surface area contributed by atoms with Crippen molar-refractivity contribution >= 4 is 0 Å². The van der Waals surface area contributed by atoms with Crippen LogP contribution in [0, 0.1) is 16.7 Å². The van der Waals surface area contributed by atoms with Crippen molar-refractivity contribution in [1.29, 1.82) is 0 Å². The van der Waals surface area contributed by atoms with E-state index in [0.717, 1.165) is 18.5 Å². The van der Waals surface area contributed by atoms with Gasteiger partial charge in [0.2, 0.25) is 0 Å². The Balaban J connectivity index is 1.92. The zero-order valence-electron chi connectivity index (χ0n) is 13.7. The van der Waals surface area contributed by atoms with Crippen LogP contribution < -0.4 is 5.32 Å². The smallest absolute Gasteiger partial charge is 0.0253 e. The van der Waals surface area contributed by atoms with Crippen LogP contribution >= 0.6 is 0 Å². The summed E-state index contributed by atoms with van der Waals surface area (Å²) in [5, 5.41) is 3.70. The van der Waals surface area contributed by atoms with Gasteiger partial charge in [0.1, 0.15) is 0 Å². The van der Waals surface area contributed by atoms with Crippen LogP contribution in [0.25, 0.3) is 0 Å². The van der Waals surface area contributed by atoms with Crippen LogP contribution in [0.3, 0.4) is 0 Å². The van der Waals surface area contributed by atoms with Gasteiger partial charge in [0, 0.05) is 30.7 Å². The average molecular weight is 264 g/mol. The molecule has 2 heteroatoms. The highest BCUT2D eigenvalue weighted by Crippen LogP contribution is 2.64. The Bertz CT molecular complexity index is 369. The Hall–Kier alpha value is -0.0800. The van der Waals surface area contributed by atoms with Crippen molar-refractivity contribution in [2.24, 2.45) is 16.7 Å². The molecule has 3 rings (SSSR count). The highest BCUT2D eigenvalue weighted by atomic mass is 15.3. The summed E-state index contributed by atoms with van der Waals surface area (Å²) in [5.74, 6) is 0.952. The van der Waals surface area contributed by atoms with Crippen LogP contribution in [0.4, 0.5) is 0 Å². The standard InChI is InChI=1S/C17H32N2/c1-12-10-18-15(2,3)11-19(12)14-16(4,5)13-7-8-17(14,6)9-13/h12-14,18H,7-11H2,1-6H3. The molecular weight excluding hydrogens is 232 g/mol. The fourth-order valence-electron chi connectivity index (χ4n) is 5.66. The predicted octanol–water partition coefficient (Wildman–Crippen LogP) is 3.27. The Labute approximate surface area is 119 Å². The third-order valence-electron chi connectivity index (χ3n) is 6.55. The third kappa shape index (κ3) is 1.98. The van der Waals surface area contributed by atoms with Gasteiger partial charge in [0.15, 0.2) is 0 Å². The van der Waals surface area contributed by atoms with Crippen LogP contribution in [0.2, 0.25) is 0 Å². The summed E-state index contributed by atoms with van der Waals surface area (Å²) in [6.07, 6.45) is 4.37. The Morgan fingerprint density at radius 1 is 1.11 bits per heavy atom. The molecule has 19 heavy (non-hydrogen) atoms. The number of nitrogens with zero attached hydrogens (tertiary/aromatic N) is 1. The molecule has 0 radical (unpaired) electrons. The first-order chi connectivity index (χ1) is 8.66. The van der Waals surface area contributed by atoms with Crippen molar-refractivity contribution in [3.63, 3.8) is 0 Å². The van der Waals surface area contributed by atoms with E-state index in [0.29, 0.717) is 16.9 Å².